The van der Waals surface area contributed by atoms with Gasteiger partial charge < -0.3 is 4.74 Å². The van der Waals surface area contributed by atoms with Crippen LogP contribution < -0.4 is 4.74 Å². The Morgan fingerprint density at radius 3 is 2.65 bits per heavy atom. The van der Waals surface area contributed by atoms with E-state index in [0.717, 1.165) is 27.2 Å². The Labute approximate surface area is 137 Å². The van der Waals surface area contributed by atoms with Gasteiger partial charge >= 0.3 is 0 Å². The van der Waals surface area contributed by atoms with Gasteiger partial charge in [0.2, 0.25) is 0 Å². The molecule has 4 rings (SSSR count). The Hall–Kier alpha value is -2.72. The number of pyridine rings is 1. The number of Topliss-reactive ketones (excluding diaryl/α,β-unsaturated/α-hetero) is 1. The topological polar surface area (TPSA) is 39.2 Å². The van der Waals surface area contributed by atoms with Crippen LogP contribution in [0.15, 0.2) is 60.2 Å². The Kier molecular flexibility index (Phi) is 3.32. The molecule has 3 aromatic rings. The first-order chi connectivity index (χ1) is 11.3. The highest BCUT2D eigenvalue weighted by Gasteiger charge is 2.32. The van der Waals surface area contributed by atoms with Gasteiger partial charge in [0.15, 0.2) is 5.78 Å². The van der Waals surface area contributed by atoms with E-state index >= 15 is 0 Å². The average Bonchev–Trinajstić information content (AvgIpc) is 3.22. The minimum Gasteiger partial charge on any atom is -0.497 e. The van der Waals surface area contributed by atoms with E-state index in [2.05, 4.69) is 4.98 Å². The average molecular weight is 319 g/mol. The van der Waals surface area contributed by atoms with Crippen LogP contribution in [0.25, 0.3) is 11.1 Å². The fourth-order valence-corrected chi connectivity index (χ4v) is 3.68. The summed E-state index contributed by atoms with van der Waals surface area (Å²) in [5, 5.41) is 1.99. The van der Waals surface area contributed by atoms with Gasteiger partial charge in [0, 0.05) is 39.5 Å². The van der Waals surface area contributed by atoms with Crippen LogP contribution in [0.4, 0.5) is 0 Å². The minimum absolute atomic E-state index is 0.0419. The summed E-state index contributed by atoms with van der Waals surface area (Å²) < 4.78 is 5.27. The maximum absolute atomic E-state index is 13.0. The van der Waals surface area contributed by atoms with Gasteiger partial charge in [-0.15, -0.1) is 11.3 Å². The smallest absolute Gasteiger partial charge is 0.195 e. The molecule has 0 atom stereocenters. The first kappa shape index (κ1) is 13.9. The highest BCUT2D eigenvalue weighted by Crippen LogP contribution is 2.44. The van der Waals surface area contributed by atoms with E-state index in [0.29, 0.717) is 11.3 Å². The number of methoxy groups -OCH3 is 1. The van der Waals surface area contributed by atoms with Crippen LogP contribution in [0.5, 0.6) is 5.75 Å². The number of fused-ring (bicyclic) bond motifs is 1. The number of hydrogen-bond donors (Lipinski definition) is 0. The van der Waals surface area contributed by atoms with Crippen molar-refractivity contribution >= 4 is 28.3 Å². The zero-order valence-electron chi connectivity index (χ0n) is 12.4. The van der Waals surface area contributed by atoms with Crippen molar-refractivity contribution in [1.82, 2.24) is 4.98 Å². The number of nitrogens with zero attached hydrogens (tertiary/aromatic N) is 1. The van der Waals surface area contributed by atoms with E-state index in [1.165, 1.54) is 0 Å². The quantitative estimate of drug-likeness (QED) is 0.722. The van der Waals surface area contributed by atoms with Crippen molar-refractivity contribution in [2.24, 2.45) is 0 Å². The first-order valence-electron chi connectivity index (χ1n) is 7.21. The van der Waals surface area contributed by atoms with Gasteiger partial charge in [-0.05, 0) is 41.3 Å². The molecule has 112 valence electrons. The maximum Gasteiger partial charge on any atom is 0.195 e. The maximum atomic E-state index is 13.0. The predicted molar refractivity (Wildman–Crippen MR) is 91.8 cm³/mol. The number of ketones is 1. The van der Waals surface area contributed by atoms with Crippen LogP contribution in [0.3, 0.4) is 0 Å². The summed E-state index contributed by atoms with van der Waals surface area (Å²) in [5.74, 6) is 0.732. The third kappa shape index (κ3) is 2.19. The first-order valence-corrected chi connectivity index (χ1v) is 8.09. The summed E-state index contributed by atoms with van der Waals surface area (Å²) in [7, 11) is 1.61. The third-order valence-corrected chi connectivity index (χ3v) is 4.82. The molecule has 0 amide bonds. The molecule has 0 radical (unpaired) electrons. The van der Waals surface area contributed by atoms with E-state index in [1.807, 2.05) is 47.8 Å². The molecule has 0 saturated heterocycles. The molecule has 1 aliphatic carbocycles. The van der Waals surface area contributed by atoms with Crippen LogP contribution in [0.2, 0.25) is 0 Å². The summed E-state index contributed by atoms with van der Waals surface area (Å²) in [6.07, 6.45) is 3.54. The molecule has 3 nitrogen and oxygen atoms in total. The van der Waals surface area contributed by atoms with Gasteiger partial charge in [-0.2, -0.15) is 0 Å². The van der Waals surface area contributed by atoms with Crippen molar-refractivity contribution < 1.29 is 9.53 Å². The van der Waals surface area contributed by atoms with E-state index in [4.69, 9.17) is 4.74 Å². The number of carbonyl (C=O) groups excluding carboxylic acids is 1. The van der Waals surface area contributed by atoms with Gasteiger partial charge in [0.25, 0.3) is 0 Å². The second-order valence-corrected chi connectivity index (χ2v) is 6.16. The lowest BCUT2D eigenvalue weighted by atomic mass is 9.98. The summed E-state index contributed by atoms with van der Waals surface area (Å²) in [4.78, 5) is 18.2. The van der Waals surface area contributed by atoms with E-state index in [1.54, 1.807) is 30.8 Å². The highest BCUT2D eigenvalue weighted by atomic mass is 32.1. The SMILES string of the molecule is COc1ccc2c(c1)C(=O)C(c1cccs1)=C2c1cccnc1. The molecule has 0 saturated carbocycles. The second kappa shape index (κ2) is 5.48. The van der Waals surface area contributed by atoms with Gasteiger partial charge in [-0.25, -0.2) is 0 Å². The molecule has 0 fully saturated rings. The molecule has 2 heterocycles. The van der Waals surface area contributed by atoms with E-state index < -0.39 is 0 Å². The fraction of sp³-hybridized carbons (Fsp3) is 0.0526. The molecule has 0 bridgehead atoms. The van der Waals surface area contributed by atoms with Crippen molar-refractivity contribution in [3.8, 4) is 5.75 Å². The lowest BCUT2D eigenvalue weighted by Crippen LogP contribution is -1.97. The lowest BCUT2D eigenvalue weighted by Gasteiger charge is -2.07. The van der Waals surface area contributed by atoms with Gasteiger partial charge in [0.05, 0.1) is 7.11 Å². The van der Waals surface area contributed by atoms with Crippen LogP contribution in [0.1, 0.15) is 26.4 Å². The van der Waals surface area contributed by atoms with Crippen molar-refractivity contribution in [3.05, 3.63) is 81.8 Å². The Bertz CT molecular complexity index is 912. The van der Waals surface area contributed by atoms with Gasteiger partial charge in [-0.1, -0.05) is 12.1 Å². The Balaban J connectivity index is 2.01. The van der Waals surface area contributed by atoms with Crippen molar-refractivity contribution in [3.63, 3.8) is 0 Å². The predicted octanol–water partition coefficient (Wildman–Crippen LogP) is 4.31. The van der Waals surface area contributed by atoms with E-state index in [9.17, 15) is 4.79 Å². The second-order valence-electron chi connectivity index (χ2n) is 5.21. The summed E-state index contributed by atoms with van der Waals surface area (Å²) >= 11 is 1.57. The van der Waals surface area contributed by atoms with Gasteiger partial charge in [-0.3, -0.25) is 9.78 Å². The largest absolute Gasteiger partial charge is 0.497 e. The van der Waals surface area contributed by atoms with Crippen molar-refractivity contribution in [2.45, 2.75) is 0 Å². The summed E-state index contributed by atoms with van der Waals surface area (Å²) in [5.41, 5.74) is 4.27. The summed E-state index contributed by atoms with van der Waals surface area (Å²) in [6, 6.07) is 13.5. The Morgan fingerprint density at radius 1 is 1.04 bits per heavy atom. The van der Waals surface area contributed by atoms with Crippen LogP contribution in [0, 0.1) is 0 Å². The van der Waals surface area contributed by atoms with Crippen LogP contribution in [-0.2, 0) is 0 Å². The number of ether oxygens (including phenoxy) is 1. The molecule has 23 heavy (non-hydrogen) atoms. The molecule has 1 aliphatic rings. The number of benzene rings is 1. The number of rotatable bonds is 3. The molecule has 2 aromatic heterocycles. The number of carbonyl (C=O) groups is 1. The number of allylic oxidation sites excluding steroid dienone is 1. The van der Waals surface area contributed by atoms with Crippen molar-refractivity contribution in [1.29, 1.82) is 0 Å². The standard InChI is InChI=1S/C19H13NO2S/c1-22-13-6-7-14-15(10-13)19(21)18(16-5-3-9-23-16)17(14)12-4-2-8-20-11-12/h2-11H,1H3. The molecule has 0 aliphatic heterocycles. The molecule has 0 N–H and O–H groups in total. The molecular formula is C19H13NO2S. The number of thiophene rings is 1. The Morgan fingerprint density at radius 2 is 1.96 bits per heavy atom. The molecule has 0 spiro atoms. The monoisotopic (exact) mass is 319 g/mol. The van der Waals surface area contributed by atoms with E-state index in [-0.39, 0.29) is 5.78 Å². The third-order valence-electron chi connectivity index (χ3n) is 3.94. The lowest BCUT2D eigenvalue weighted by molar-refractivity contribution is 0.105. The van der Waals surface area contributed by atoms with Crippen molar-refractivity contribution in [2.75, 3.05) is 7.11 Å². The van der Waals surface area contributed by atoms with Crippen LogP contribution in [-0.4, -0.2) is 17.9 Å². The number of hydrogen-bond acceptors (Lipinski definition) is 4. The zero-order valence-corrected chi connectivity index (χ0v) is 13.3. The zero-order chi connectivity index (χ0) is 15.8. The highest BCUT2D eigenvalue weighted by molar-refractivity contribution is 7.11. The number of aromatic nitrogens is 1. The molecule has 4 heteroatoms. The van der Waals surface area contributed by atoms with Crippen LogP contribution >= 0.6 is 11.3 Å². The minimum atomic E-state index is 0.0419. The normalized spacial score (nSPS) is 13.3. The molecular weight excluding hydrogens is 306 g/mol. The molecule has 1 aromatic carbocycles. The molecule has 0 unspecified atom stereocenters. The fourth-order valence-electron chi connectivity index (χ4n) is 2.91. The van der Waals surface area contributed by atoms with Gasteiger partial charge in [0.1, 0.15) is 5.75 Å². The summed E-state index contributed by atoms with van der Waals surface area (Å²) in [6.45, 7) is 0.